The molecule has 0 saturated carbocycles. The van der Waals surface area contributed by atoms with Crippen LogP contribution in [0.4, 0.5) is 5.69 Å². The van der Waals surface area contributed by atoms with Crippen LogP contribution in [0.15, 0.2) is 52.4 Å². The van der Waals surface area contributed by atoms with Gasteiger partial charge in [-0.25, -0.2) is 4.99 Å². The van der Waals surface area contributed by atoms with Crippen molar-refractivity contribution in [3.8, 4) is 11.5 Å². The molecule has 1 fully saturated rings. The van der Waals surface area contributed by atoms with Crippen molar-refractivity contribution in [3.63, 3.8) is 0 Å². The summed E-state index contributed by atoms with van der Waals surface area (Å²) in [5.74, 6) is 1.64. The van der Waals surface area contributed by atoms with Crippen LogP contribution in [0.3, 0.4) is 0 Å². The van der Waals surface area contributed by atoms with Crippen molar-refractivity contribution in [2.45, 2.75) is 27.2 Å². The lowest BCUT2D eigenvalue weighted by Gasteiger charge is -2.14. The van der Waals surface area contributed by atoms with Crippen LogP contribution in [0.25, 0.3) is 6.08 Å². The Kier molecular flexibility index (Phi) is 6.99. The zero-order valence-corrected chi connectivity index (χ0v) is 18.1. The number of carbonyl (C=O) groups is 1. The molecule has 2 aromatic rings. The van der Waals surface area contributed by atoms with Crippen LogP contribution in [0, 0.1) is 6.92 Å². The third-order valence-corrected chi connectivity index (χ3v) is 5.43. The van der Waals surface area contributed by atoms with Crippen molar-refractivity contribution in [1.29, 1.82) is 0 Å². The monoisotopic (exact) mass is 410 g/mol. The summed E-state index contributed by atoms with van der Waals surface area (Å²) in [5, 5.41) is 0.706. The minimum Gasteiger partial charge on any atom is -0.496 e. The van der Waals surface area contributed by atoms with Crippen molar-refractivity contribution >= 4 is 34.6 Å². The van der Waals surface area contributed by atoms with Gasteiger partial charge in [0.05, 0.1) is 24.3 Å². The topological polar surface area (TPSA) is 51.1 Å². The van der Waals surface area contributed by atoms with Crippen LogP contribution in [0.5, 0.6) is 11.5 Å². The molecule has 1 aliphatic rings. The molecule has 2 aromatic carbocycles. The number of carbonyl (C=O) groups excluding carboxylic acids is 1. The van der Waals surface area contributed by atoms with E-state index < -0.39 is 0 Å². The summed E-state index contributed by atoms with van der Waals surface area (Å²) in [6.45, 7) is 7.27. The Morgan fingerprint density at radius 3 is 2.52 bits per heavy atom. The van der Waals surface area contributed by atoms with Crippen LogP contribution in [0.2, 0.25) is 0 Å². The van der Waals surface area contributed by atoms with Gasteiger partial charge in [-0.2, -0.15) is 0 Å². The molecule has 0 radical (unpaired) electrons. The number of hydrogen-bond acceptors (Lipinski definition) is 5. The molecule has 1 saturated heterocycles. The standard InChI is InChI=1S/C23H26N2O3S/c1-5-13-25-22(26)21(15-17-7-12-20(27-4)16(3)14-17)29-23(25)24-18-8-10-19(11-9-18)28-6-2/h7-12,14-15H,5-6,13H2,1-4H3/b21-15+,24-23?. The van der Waals surface area contributed by atoms with Crippen molar-refractivity contribution in [2.24, 2.45) is 4.99 Å². The first kappa shape index (κ1) is 21.0. The molecule has 0 aliphatic carbocycles. The van der Waals surface area contributed by atoms with E-state index in [1.54, 1.807) is 12.0 Å². The van der Waals surface area contributed by atoms with Gasteiger partial charge >= 0.3 is 0 Å². The largest absolute Gasteiger partial charge is 0.496 e. The quantitative estimate of drug-likeness (QED) is 0.572. The number of nitrogens with zero attached hydrogens (tertiary/aromatic N) is 2. The number of amidine groups is 1. The first-order valence-corrected chi connectivity index (χ1v) is 10.5. The Labute approximate surface area is 176 Å². The molecule has 0 spiro atoms. The summed E-state index contributed by atoms with van der Waals surface area (Å²) in [5.41, 5.74) is 2.80. The van der Waals surface area contributed by atoms with Gasteiger partial charge in [-0.3, -0.25) is 9.69 Å². The van der Waals surface area contributed by atoms with Crippen LogP contribution in [-0.2, 0) is 4.79 Å². The lowest BCUT2D eigenvalue weighted by atomic mass is 10.1. The first-order valence-electron chi connectivity index (χ1n) is 9.73. The lowest BCUT2D eigenvalue weighted by molar-refractivity contribution is -0.122. The number of thioether (sulfide) groups is 1. The molecule has 0 aromatic heterocycles. The van der Waals surface area contributed by atoms with Crippen molar-refractivity contribution in [1.82, 2.24) is 4.90 Å². The Hall–Kier alpha value is -2.73. The molecule has 3 rings (SSSR count). The SMILES string of the molecule is CCCN1C(=O)/C(=C\c2ccc(OC)c(C)c2)SC1=Nc1ccc(OCC)cc1. The smallest absolute Gasteiger partial charge is 0.266 e. The molecule has 0 atom stereocenters. The van der Waals surface area contributed by atoms with Gasteiger partial charge in [-0.05, 0) is 85.6 Å². The molecule has 152 valence electrons. The number of ether oxygens (including phenoxy) is 2. The normalized spacial score (nSPS) is 16.7. The first-order chi connectivity index (χ1) is 14.0. The minimum atomic E-state index is -0.00462. The van der Waals surface area contributed by atoms with Gasteiger partial charge < -0.3 is 9.47 Å². The number of rotatable bonds is 7. The van der Waals surface area contributed by atoms with E-state index in [4.69, 9.17) is 14.5 Å². The number of hydrogen-bond donors (Lipinski definition) is 0. The molecule has 5 nitrogen and oxygen atoms in total. The van der Waals surface area contributed by atoms with Crippen LogP contribution in [-0.4, -0.2) is 36.2 Å². The van der Waals surface area contributed by atoms with Crippen LogP contribution in [0.1, 0.15) is 31.4 Å². The van der Waals surface area contributed by atoms with E-state index in [9.17, 15) is 4.79 Å². The minimum absolute atomic E-state index is 0.00462. The van der Waals surface area contributed by atoms with Gasteiger partial charge in [0.2, 0.25) is 0 Å². The van der Waals surface area contributed by atoms with Crippen molar-refractivity contribution in [3.05, 3.63) is 58.5 Å². The molecular weight excluding hydrogens is 384 g/mol. The fourth-order valence-electron chi connectivity index (χ4n) is 3.05. The van der Waals surface area contributed by atoms with E-state index in [0.717, 1.165) is 34.7 Å². The fourth-order valence-corrected chi connectivity index (χ4v) is 4.07. The maximum Gasteiger partial charge on any atom is 0.266 e. The number of benzene rings is 2. The summed E-state index contributed by atoms with van der Waals surface area (Å²) in [6.07, 6.45) is 2.78. The van der Waals surface area contributed by atoms with E-state index in [2.05, 4.69) is 6.92 Å². The fraction of sp³-hybridized carbons (Fsp3) is 0.304. The van der Waals surface area contributed by atoms with E-state index >= 15 is 0 Å². The maximum absolute atomic E-state index is 13.0. The predicted octanol–water partition coefficient (Wildman–Crippen LogP) is 5.42. The molecule has 29 heavy (non-hydrogen) atoms. The zero-order valence-electron chi connectivity index (χ0n) is 17.3. The van der Waals surface area contributed by atoms with Gasteiger partial charge in [-0.1, -0.05) is 13.0 Å². The molecule has 1 aliphatic heterocycles. The number of aryl methyl sites for hydroxylation is 1. The summed E-state index contributed by atoms with van der Waals surface area (Å²) in [7, 11) is 1.66. The second-order valence-electron chi connectivity index (χ2n) is 6.62. The van der Waals surface area contributed by atoms with Gasteiger partial charge in [0.25, 0.3) is 5.91 Å². The van der Waals surface area contributed by atoms with Gasteiger partial charge in [0.1, 0.15) is 11.5 Å². The number of aliphatic imine (C=N–C) groups is 1. The Bertz CT molecular complexity index is 936. The van der Waals surface area contributed by atoms with E-state index in [1.807, 2.05) is 62.4 Å². The molecular formula is C23H26N2O3S. The predicted molar refractivity (Wildman–Crippen MR) is 120 cm³/mol. The Morgan fingerprint density at radius 1 is 1.14 bits per heavy atom. The summed E-state index contributed by atoms with van der Waals surface area (Å²) >= 11 is 1.41. The zero-order chi connectivity index (χ0) is 20.8. The van der Waals surface area contributed by atoms with Gasteiger partial charge in [-0.15, -0.1) is 0 Å². The highest BCUT2D eigenvalue weighted by Crippen LogP contribution is 2.35. The van der Waals surface area contributed by atoms with E-state index in [0.29, 0.717) is 23.2 Å². The number of amides is 1. The van der Waals surface area contributed by atoms with E-state index in [1.165, 1.54) is 11.8 Å². The molecule has 6 heteroatoms. The molecule has 0 unspecified atom stereocenters. The Balaban J connectivity index is 1.88. The summed E-state index contributed by atoms with van der Waals surface area (Å²) < 4.78 is 10.8. The summed E-state index contributed by atoms with van der Waals surface area (Å²) in [6, 6.07) is 13.5. The van der Waals surface area contributed by atoms with Crippen molar-refractivity contribution in [2.75, 3.05) is 20.3 Å². The molecule has 1 heterocycles. The highest BCUT2D eigenvalue weighted by atomic mass is 32.2. The van der Waals surface area contributed by atoms with Crippen molar-refractivity contribution < 1.29 is 14.3 Å². The maximum atomic E-state index is 13.0. The third-order valence-electron chi connectivity index (χ3n) is 4.42. The van der Waals surface area contributed by atoms with Gasteiger partial charge in [0, 0.05) is 6.54 Å². The highest BCUT2D eigenvalue weighted by molar-refractivity contribution is 8.18. The van der Waals surface area contributed by atoms with Crippen LogP contribution < -0.4 is 9.47 Å². The summed E-state index contributed by atoms with van der Waals surface area (Å²) in [4.78, 5) is 20.1. The van der Waals surface area contributed by atoms with Crippen LogP contribution >= 0.6 is 11.8 Å². The second kappa shape index (κ2) is 9.65. The average molecular weight is 411 g/mol. The third kappa shape index (κ3) is 5.01. The number of methoxy groups -OCH3 is 1. The highest BCUT2D eigenvalue weighted by Gasteiger charge is 2.32. The van der Waals surface area contributed by atoms with E-state index in [-0.39, 0.29) is 5.91 Å². The molecule has 0 bridgehead atoms. The molecule has 1 amide bonds. The van der Waals surface area contributed by atoms with Gasteiger partial charge in [0.15, 0.2) is 5.17 Å². The lowest BCUT2D eigenvalue weighted by Crippen LogP contribution is -2.29. The second-order valence-corrected chi connectivity index (χ2v) is 7.63. The Morgan fingerprint density at radius 2 is 1.90 bits per heavy atom. The average Bonchev–Trinajstić information content (AvgIpc) is 2.99. The molecule has 0 N–H and O–H groups in total.